The molecule has 2 saturated heterocycles. The number of carbonyl (C=O) groups is 1. The zero-order valence-electron chi connectivity index (χ0n) is 11.0. The molecule has 2 aromatic rings. The monoisotopic (exact) mass is 304 g/mol. The zero-order chi connectivity index (χ0) is 14.4. The largest absolute Gasteiger partial charge is 0.343 e. The second-order valence-corrected chi connectivity index (χ2v) is 5.40. The number of nitrogens with zero attached hydrogens (tertiary/aromatic N) is 4. The van der Waals surface area contributed by atoms with Crippen molar-refractivity contribution in [3.8, 4) is 5.69 Å². The van der Waals surface area contributed by atoms with E-state index in [4.69, 9.17) is 21.7 Å². The maximum absolute atomic E-state index is 11.9. The predicted molar refractivity (Wildman–Crippen MR) is 73.5 cm³/mol. The van der Waals surface area contributed by atoms with Crippen LogP contribution in [0.2, 0.25) is 0 Å². The van der Waals surface area contributed by atoms with E-state index >= 15 is 0 Å². The number of carbonyl (C=O) groups excluding carboxylic acids is 1. The van der Waals surface area contributed by atoms with Gasteiger partial charge in [-0.3, -0.25) is 4.79 Å². The van der Waals surface area contributed by atoms with Crippen LogP contribution in [0.3, 0.4) is 0 Å². The summed E-state index contributed by atoms with van der Waals surface area (Å²) in [5.74, 6) is -0.0788. The average Bonchev–Trinajstić information content (AvgIpc) is 3.10. The van der Waals surface area contributed by atoms with Gasteiger partial charge in [0.25, 0.3) is 0 Å². The fourth-order valence-corrected chi connectivity index (χ4v) is 2.98. The Labute approximate surface area is 125 Å². The Bertz CT molecular complexity index is 741. The van der Waals surface area contributed by atoms with Crippen molar-refractivity contribution in [3.63, 3.8) is 0 Å². The van der Waals surface area contributed by atoms with Crippen LogP contribution in [0.4, 0.5) is 0 Å². The van der Waals surface area contributed by atoms with Crippen molar-refractivity contribution < 1.29 is 14.3 Å². The first-order chi connectivity index (χ1) is 10.2. The van der Waals surface area contributed by atoms with E-state index in [0.29, 0.717) is 17.8 Å². The molecule has 7 nitrogen and oxygen atoms in total. The van der Waals surface area contributed by atoms with E-state index in [2.05, 4.69) is 10.4 Å². The molecule has 1 aromatic carbocycles. The van der Waals surface area contributed by atoms with Crippen LogP contribution >= 0.6 is 12.2 Å². The molecule has 4 rings (SSSR count). The number of aromatic nitrogens is 4. The number of ketones is 1. The first-order valence-electron chi connectivity index (χ1n) is 6.64. The van der Waals surface area contributed by atoms with Gasteiger partial charge in [0.1, 0.15) is 6.10 Å². The van der Waals surface area contributed by atoms with E-state index in [1.807, 2.05) is 30.3 Å². The highest BCUT2D eigenvalue weighted by molar-refractivity contribution is 7.71. The molecule has 0 radical (unpaired) electrons. The topological polar surface area (TPSA) is 71.2 Å². The van der Waals surface area contributed by atoms with E-state index in [0.717, 1.165) is 5.69 Å². The molecule has 2 aliphatic heterocycles. The van der Waals surface area contributed by atoms with Gasteiger partial charge in [-0.2, -0.15) is 4.68 Å². The fraction of sp³-hybridized carbons (Fsp3) is 0.385. The normalized spacial score (nSPS) is 28.0. The maximum Gasteiger partial charge on any atom is 0.221 e. The molecular weight excluding hydrogens is 292 g/mol. The Balaban J connectivity index is 1.72. The second-order valence-electron chi connectivity index (χ2n) is 5.03. The van der Waals surface area contributed by atoms with Crippen LogP contribution in [0.5, 0.6) is 0 Å². The SMILES string of the molecule is O=C1C[C@H](n2nnn(-c3ccccc3)c2=S)[C@@H]2CO[C@H]1O2. The van der Waals surface area contributed by atoms with Crippen LogP contribution in [0.1, 0.15) is 12.5 Å². The van der Waals surface area contributed by atoms with Crippen LogP contribution < -0.4 is 0 Å². The third-order valence-corrected chi connectivity index (χ3v) is 4.09. The molecule has 0 amide bonds. The summed E-state index contributed by atoms with van der Waals surface area (Å²) in [6.07, 6.45) is -0.623. The minimum absolute atomic E-state index is 0.0788. The highest BCUT2D eigenvalue weighted by Gasteiger charge is 2.45. The highest BCUT2D eigenvalue weighted by atomic mass is 32.1. The van der Waals surface area contributed by atoms with Crippen molar-refractivity contribution in [2.75, 3.05) is 6.61 Å². The minimum atomic E-state index is -0.718. The molecule has 0 unspecified atom stereocenters. The van der Waals surface area contributed by atoms with E-state index in [9.17, 15) is 4.79 Å². The summed E-state index contributed by atoms with van der Waals surface area (Å²) < 4.78 is 14.4. The van der Waals surface area contributed by atoms with Gasteiger partial charge in [0.2, 0.25) is 11.1 Å². The van der Waals surface area contributed by atoms with Gasteiger partial charge in [0.15, 0.2) is 5.78 Å². The highest BCUT2D eigenvalue weighted by Crippen LogP contribution is 2.32. The Morgan fingerprint density at radius 1 is 1.24 bits per heavy atom. The smallest absolute Gasteiger partial charge is 0.221 e. The second kappa shape index (κ2) is 4.83. The van der Waals surface area contributed by atoms with Crippen LogP contribution in [-0.4, -0.2) is 44.6 Å². The fourth-order valence-electron chi connectivity index (χ4n) is 2.66. The summed E-state index contributed by atoms with van der Waals surface area (Å²) >= 11 is 5.43. The number of rotatable bonds is 2. The Kier molecular flexibility index (Phi) is 2.95. The van der Waals surface area contributed by atoms with Gasteiger partial charge < -0.3 is 9.47 Å². The average molecular weight is 304 g/mol. The standard InChI is InChI=1S/C13H12N4O3S/c18-10-6-9(11-7-19-12(10)20-11)17-13(21)16(14-15-17)8-4-2-1-3-5-8/h1-5,9,11-12H,6-7H2/t9-,11-,12-/m0/s1. The summed E-state index contributed by atoms with van der Waals surface area (Å²) in [6, 6.07) is 9.25. The van der Waals surface area contributed by atoms with Crippen molar-refractivity contribution >= 4 is 18.0 Å². The molecule has 0 N–H and O–H groups in total. The molecule has 2 bridgehead atoms. The van der Waals surface area contributed by atoms with E-state index < -0.39 is 6.29 Å². The van der Waals surface area contributed by atoms with Crippen molar-refractivity contribution in [2.24, 2.45) is 0 Å². The van der Waals surface area contributed by atoms with Gasteiger partial charge in [-0.15, -0.1) is 0 Å². The molecule has 0 spiro atoms. The molecule has 2 aliphatic rings. The molecule has 3 atom stereocenters. The molecule has 3 heterocycles. The van der Waals surface area contributed by atoms with Gasteiger partial charge in [-0.05, 0) is 34.8 Å². The molecule has 108 valence electrons. The van der Waals surface area contributed by atoms with Gasteiger partial charge in [0, 0.05) is 6.42 Å². The summed E-state index contributed by atoms with van der Waals surface area (Å²) in [7, 11) is 0. The zero-order valence-corrected chi connectivity index (χ0v) is 11.8. The Morgan fingerprint density at radius 2 is 2.05 bits per heavy atom. The molecule has 21 heavy (non-hydrogen) atoms. The summed E-state index contributed by atoms with van der Waals surface area (Å²) in [6.45, 7) is 0.376. The predicted octanol–water partition coefficient (Wildman–Crippen LogP) is 1.05. The van der Waals surface area contributed by atoms with Crippen molar-refractivity contribution in [2.45, 2.75) is 24.9 Å². The molecular formula is C13H12N4O3S. The van der Waals surface area contributed by atoms with Crippen molar-refractivity contribution in [3.05, 3.63) is 35.1 Å². The first-order valence-corrected chi connectivity index (χ1v) is 7.04. The summed E-state index contributed by atoms with van der Waals surface area (Å²) in [5, 5.41) is 8.19. The number of benzene rings is 1. The summed E-state index contributed by atoms with van der Waals surface area (Å²) in [4.78, 5) is 11.9. The lowest BCUT2D eigenvalue weighted by atomic mass is 10.0. The lowest BCUT2D eigenvalue weighted by Gasteiger charge is -2.25. The minimum Gasteiger partial charge on any atom is -0.343 e. The number of ether oxygens (including phenoxy) is 2. The lowest BCUT2D eigenvalue weighted by molar-refractivity contribution is -0.156. The number of fused-ring (bicyclic) bond motifs is 2. The molecule has 0 aliphatic carbocycles. The quantitative estimate of drug-likeness (QED) is 0.772. The van der Waals surface area contributed by atoms with Crippen LogP contribution in [0.25, 0.3) is 5.69 Å². The molecule has 0 saturated carbocycles. The third kappa shape index (κ3) is 2.03. The van der Waals surface area contributed by atoms with E-state index in [1.54, 1.807) is 9.36 Å². The molecule has 1 aromatic heterocycles. The number of para-hydroxylation sites is 1. The number of tetrazole rings is 1. The van der Waals surface area contributed by atoms with Crippen molar-refractivity contribution in [1.82, 2.24) is 19.8 Å². The van der Waals surface area contributed by atoms with Crippen LogP contribution in [-0.2, 0) is 14.3 Å². The summed E-state index contributed by atoms with van der Waals surface area (Å²) in [5.41, 5.74) is 0.831. The van der Waals surface area contributed by atoms with Gasteiger partial charge in [-0.1, -0.05) is 18.2 Å². The van der Waals surface area contributed by atoms with Crippen LogP contribution in [0, 0.1) is 4.77 Å². The maximum atomic E-state index is 11.9. The van der Waals surface area contributed by atoms with Gasteiger partial charge >= 0.3 is 0 Å². The Morgan fingerprint density at radius 3 is 2.86 bits per heavy atom. The number of Topliss-reactive ketones (excluding diaryl/α,β-unsaturated/α-hetero) is 1. The van der Waals surface area contributed by atoms with Crippen molar-refractivity contribution in [1.29, 1.82) is 0 Å². The number of hydrogen-bond acceptors (Lipinski definition) is 6. The molecule has 8 heteroatoms. The third-order valence-electron chi connectivity index (χ3n) is 3.73. The van der Waals surface area contributed by atoms with E-state index in [-0.39, 0.29) is 17.9 Å². The van der Waals surface area contributed by atoms with Crippen LogP contribution in [0.15, 0.2) is 30.3 Å². The first kappa shape index (κ1) is 12.8. The van der Waals surface area contributed by atoms with Gasteiger partial charge in [-0.25, -0.2) is 4.68 Å². The Hall–Kier alpha value is -1.90. The number of hydrogen-bond donors (Lipinski definition) is 0. The molecule has 2 fully saturated rings. The van der Waals surface area contributed by atoms with E-state index in [1.165, 1.54) is 0 Å². The lowest BCUT2D eigenvalue weighted by Crippen LogP contribution is -2.37. The van der Waals surface area contributed by atoms with Gasteiger partial charge in [0.05, 0.1) is 18.3 Å².